The number of methoxy groups -OCH3 is 1. The van der Waals surface area contributed by atoms with Gasteiger partial charge in [-0.1, -0.05) is 0 Å². The first-order valence-electron chi connectivity index (χ1n) is 3.77. The van der Waals surface area contributed by atoms with Crippen molar-refractivity contribution >= 4 is 17.9 Å². The molecule has 0 bridgehead atoms. The van der Waals surface area contributed by atoms with Crippen molar-refractivity contribution < 1.29 is 18.7 Å². The van der Waals surface area contributed by atoms with Gasteiger partial charge in [0.05, 0.1) is 7.11 Å². The molecular formula is C9H8FNO3. The molecule has 74 valence electrons. The quantitative estimate of drug-likeness (QED) is 0.580. The number of anilines is 1. The number of nitrogens with one attached hydrogen (secondary N) is 1. The molecule has 0 saturated heterocycles. The van der Waals surface area contributed by atoms with Crippen LogP contribution in [0.5, 0.6) is 5.75 Å². The first kappa shape index (κ1) is 10.2. The molecule has 0 heterocycles. The average Bonchev–Trinajstić information content (AvgIpc) is 2.18. The Labute approximate surface area is 79.7 Å². The average molecular weight is 197 g/mol. The van der Waals surface area contributed by atoms with Crippen LogP contribution in [-0.4, -0.2) is 19.3 Å². The van der Waals surface area contributed by atoms with E-state index in [1.807, 2.05) is 0 Å². The summed E-state index contributed by atoms with van der Waals surface area (Å²) in [5.41, 5.74) is 0.209. The zero-order valence-corrected chi connectivity index (χ0v) is 7.41. The molecule has 1 aromatic rings. The molecule has 0 fully saturated rings. The Balaban J connectivity index is 2.86. The molecule has 1 rings (SSSR count). The molecule has 0 atom stereocenters. The molecule has 0 unspecified atom stereocenters. The first-order chi connectivity index (χ1) is 6.67. The van der Waals surface area contributed by atoms with Gasteiger partial charge in [-0.05, 0) is 12.1 Å². The van der Waals surface area contributed by atoms with Crippen molar-refractivity contribution in [1.29, 1.82) is 0 Å². The topological polar surface area (TPSA) is 55.4 Å². The van der Waals surface area contributed by atoms with E-state index in [1.54, 1.807) is 0 Å². The van der Waals surface area contributed by atoms with Crippen LogP contribution in [-0.2, 0) is 9.59 Å². The Kier molecular flexibility index (Phi) is 3.17. The van der Waals surface area contributed by atoms with E-state index in [9.17, 15) is 14.0 Å². The van der Waals surface area contributed by atoms with Crippen LogP contribution in [0.2, 0.25) is 0 Å². The van der Waals surface area contributed by atoms with Gasteiger partial charge in [0.25, 0.3) is 5.91 Å². The van der Waals surface area contributed by atoms with Crippen molar-refractivity contribution in [3.63, 3.8) is 0 Å². The minimum Gasteiger partial charge on any atom is -0.494 e. The monoisotopic (exact) mass is 197 g/mol. The molecule has 0 aliphatic rings. The third kappa shape index (κ3) is 2.29. The molecule has 5 heteroatoms. The van der Waals surface area contributed by atoms with Crippen molar-refractivity contribution in [2.45, 2.75) is 0 Å². The molecule has 0 aromatic heterocycles. The van der Waals surface area contributed by atoms with Crippen LogP contribution in [0, 0.1) is 5.82 Å². The zero-order valence-electron chi connectivity index (χ0n) is 7.41. The fraction of sp³-hybridized carbons (Fsp3) is 0.111. The van der Waals surface area contributed by atoms with E-state index in [0.717, 1.165) is 6.07 Å². The lowest BCUT2D eigenvalue weighted by molar-refractivity contribution is -0.127. The summed E-state index contributed by atoms with van der Waals surface area (Å²) in [4.78, 5) is 20.6. The number of rotatable bonds is 3. The van der Waals surface area contributed by atoms with Gasteiger partial charge in [-0.15, -0.1) is 0 Å². The van der Waals surface area contributed by atoms with Crippen LogP contribution < -0.4 is 10.1 Å². The summed E-state index contributed by atoms with van der Waals surface area (Å²) >= 11 is 0. The number of halogens is 1. The molecule has 0 aliphatic heterocycles. The lowest BCUT2D eigenvalue weighted by Gasteiger charge is -2.04. The Morgan fingerprint density at radius 2 is 2.29 bits per heavy atom. The number of hydrogen-bond acceptors (Lipinski definition) is 3. The van der Waals surface area contributed by atoms with Crippen LogP contribution in [0.4, 0.5) is 10.1 Å². The maximum absolute atomic E-state index is 13.0. The van der Waals surface area contributed by atoms with Crippen molar-refractivity contribution in [2.75, 3.05) is 12.4 Å². The van der Waals surface area contributed by atoms with Crippen molar-refractivity contribution in [3.8, 4) is 5.75 Å². The molecule has 1 amide bonds. The normalized spacial score (nSPS) is 9.29. The lowest BCUT2D eigenvalue weighted by Crippen LogP contribution is -2.12. The van der Waals surface area contributed by atoms with Gasteiger partial charge >= 0.3 is 0 Å². The number of benzene rings is 1. The van der Waals surface area contributed by atoms with E-state index >= 15 is 0 Å². The summed E-state index contributed by atoms with van der Waals surface area (Å²) in [5, 5.41) is 2.18. The van der Waals surface area contributed by atoms with E-state index in [-0.39, 0.29) is 17.7 Å². The fourth-order valence-corrected chi connectivity index (χ4v) is 0.916. The first-order valence-corrected chi connectivity index (χ1v) is 3.77. The molecule has 0 spiro atoms. The number of aldehydes is 1. The standard InChI is InChI=1S/C9H8FNO3/c1-14-8-3-2-6(4-7(8)10)11-9(13)5-12/h2-5H,1H3,(H,11,13). The van der Waals surface area contributed by atoms with E-state index in [0.29, 0.717) is 0 Å². The maximum Gasteiger partial charge on any atom is 0.288 e. The van der Waals surface area contributed by atoms with Gasteiger partial charge in [0.2, 0.25) is 6.29 Å². The van der Waals surface area contributed by atoms with Gasteiger partial charge in [-0.3, -0.25) is 9.59 Å². The Morgan fingerprint density at radius 3 is 2.79 bits per heavy atom. The van der Waals surface area contributed by atoms with Gasteiger partial charge in [0.15, 0.2) is 11.6 Å². The molecule has 0 saturated carbocycles. The molecule has 14 heavy (non-hydrogen) atoms. The van der Waals surface area contributed by atoms with Crippen LogP contribution in [0.1, 0.15) is 0 Å². The van der Waals surface area contributed by atoms with Crippen LogP contribution >= 0.6 is 0 Å². The molecule has 0 radical (unpaired) electrons. The Bertz CT molecular complexity index is 365. The van der Waals surface area contributed by atoms with Crippen molar-refractivity contribution in [3.05, 3.63) is 24.0 Å². The van der Waals surface area contributed by atoms with Gasteiger partial charge < -0.3 is 10.1 Å². The molecule has 1 aromatic carbocycles. The highest BCUT2D eigenvalue weighted by Crippen LogP contribution is 2.20. The largest absolute Gasteiger partial charge is 0.494 e. The molecule has 4 nitrogen and oxygen atoms in total. The number of carbonyl (C=O) groups is 2. The lowest BCUT2D eigenvalue weighted by atomic mass is 10.3. The summed E-state index contributed by atoms with van der Waals surface area (Å²) in [6, 6.07) is 3.86. The Morgan fingerprint density at radius 1 is 1.57 bits per heavy atom. The second-order valence-electron chi connectivity index (χ2n) is 2.46. The molecular weight excluding hydrogens is 189 g/mol. The molecule has 1 N–H and O–H groups in total. The fourth-order valence-electron chi connectivity index (χ4n) is 0.916. The summed E-state index contributed by atoms with van der Waals surface area (Å²) < 4.78 is 17.7. The second kappa shape index (κ2) is 4.36. The zero-order chi connectivity index (χ0) is 10.6. The Hall–Kier alpha value is -1.91. The highest BCUT2D eigenvalue weighted by Gasteiger charge is 2.05. The highest BCUT2D eigenvalue weighted by atomic mass is 19.1. The number of amides is 1. The predicted molar refractivity (Wildman–Crippen MR) is 47.6 cm³/mol. The number of hydrogen-bond donors (Lipinski definition) is 1. The summed E-state index contributed by atoms with van der Waals surface area (Å²) in [6.45, 7) is 0. The van der Waals surface area contributed by atoms with Gasteiger partial charge in [0.1, 0.15) is 0 Å². The third-order valence-corrected chi connectivity index (χ3v) is 1.53. The number of carbonyl (C=O) groups excluding carboxylic acids is 2. The van der Waals surface area contributed by atoms with E-state index in [1.165, 1.54) is 19.2 Å². The van der Waals surface area contributed by atoms with Crippen LogP contribution in [0.15, 0.2) is 18.2 Å². The van der Waals surface area contributed by atoms with Gasteiger partial charge in [0, 0.05) is 11.8 Å². The van der Waals surface area contributed by atoms with Crippen LogP contribution in [0.3, 0.4) is 0 Å². The number of ether oxygens (including phenoxy) is 1. The summed E-state index contributed by atoms with van der Waals surface area (Å²) in [6.07, 6.45) is 0.113. The SMILES string of the molecule is COc1ccc(NC(=O)C=O)cc1F. The minimum atomic E-state index is -0.824. The van der Waals surface area contributed by atoms with Gasteiger partial charge in [-0.25, -0.2) is 4.39 Å². The van der Waals surface area contributed by atoms with E-state index in [4.69, 9.17) is 0 Å². The smallest absolute Gasteiger partial charge is 0.288 e. The van der Waals surface area contributed by atoms with Gasteiger partial charge in [-0.2, -0.15) is 0 Å². The molecule has 0 aliphatic carbocycles. The minimum absolute atomic E-state index is 0.0779. The highest BCUT2D eigenvalue weighted by molar-refractivity contribution is 6.29. The maximum atomic E-state index is 13.0. The van der Waals surface area contributed by atoms with Crippen molar-refractivity contribution in [2.24, 2.45) is 0 Å². The summed E-state index contributed by atoms with van der Waals surface area (Å²) in [5.74, 6) is -1.35. The summed E-state index contributed by atoms with van der Waals surface area (Å²) in [7, 11) is 1.34. The van der Waals surface area contributed by atoms with Crippen molar-refractivity contribution in [1.82, 2.24) is 0 Å². The van der Waals surface area contributed by atoms with Crippen LogP contribution in [0.25, 0.3) is 0 Å². The van der Waals surface area contributed by atoms with E-state index < -0.39 is 11.7 Å². The third-order valence-electron chi connectivity index (χ3n) is 1.53. The second-order valence-corrected chi connectivity index (χ2v) is 2.46. The predicted octanol–water partition coefficient (Wildman–Crippen LogP) is 0.972. The van der Waals surface area contributed by atoms with E-state index in [2.05, 4.69) is 10.1 Å².